The molecule has 4 heteroatoms. The molecule has 1 aliphatic rings. The number of piperazine rings is 1. The summed E-state index contributed by atoms with van der Waals surface area (Å²) in [7, 11) is 2.16. The summed E-state index contributed by atoms with van der Waals surface area (Å²) in [5.41, 5.74) is 0. The minimum absolute atomic E-state index is 0.769. The Hall–Kier alpha value is -1.32. The zero-order valence-corrected chi connectivity index (χ0v) is 11.2. The molecule has 3 rings (SSSR count). The van der Waals surface area contributed by atoms with E-state index in [1.807, 2.05) is 24.4 Å². The van der Waals surface area contributed by atoms with Gasteiger partial charge in [0.05, 0.1) is 0 Å². The fourth-order valence-electron chi connectivity index (χ4n) is 2.40. The van der Waals surface area contributed by atoms with E-state index < -0.39 is 0 Å². The molecule has 0 aliphatic carbocycles. The molecule has 0 atom stereocenters. The summed E-state index contributed by atoms with van der Waals surface area (Å²) < 4.78 is 0. The van der Waals surface area contributed by atoms with Crippen LogP contribution in [0.1, 0.15) is 0 Å². The molecule has 0 bridgehead atoms. The van der Waals surface area contributed by atoms with Gasteiger partial charge in [0.15, 0.2) is 0 Å². The van der Waals surface area contributed by atoms with E-state index >= 15 is 0 Å². The Morgan fingerprint density at radius 3 is 2.67 bits per heavy atom. The van der Waals surface area contributed by atoms with E-state index in [4.69, 9.17) is 11.6 Å². The van der Waals surface area contributed by atoms with E-state index in [2.05, 4.69) is 27.9 Å². The second-order valence-corrected chi connectivity index (χ2v) is 5.23. The fraction of sp³-hybridized carbons (Fsp3) is 0.357. The van der Waals surface area contributed by atoms with Crippen LogP contribution in [0.2, 0.25) is 5.02 Å². The molecule has 0 unspecified atom stereocenters. The standard InChI is InChI=1S/C14H16ClN3/c1-17-6-8-18(9-7-17)14-13-10-12(15)3-2-11(13)4-5-16-14/h2-5,10H,6-9H2,1H3. The highest BCUT2D eigenvalue weighted by Crippen LogP contribution is 2.27. The van der Waals surface area contributed by atoms with Crippen molar-refractivity contribution in [1.29, 1.82) is 0 Å². The van der Waals surface area contributed by atoms with Crippen molar-refractivity contribution in [3.63, 3.8) is 0 Å². The van der Waals surface area contributed by atoms with Crippen LogP contribution in [0.25, 0.3) is 10.8 Å². The lowest BCUT2D eigenvalue weighted by atomic mass is 10.1. The van der Waals surface area contributed by atoms with E-state index in [9.17, 15) is 0 Å². The molecule has 0 radical (unpaired) electrons. The van der Waals surface area contributed by atoms with E-state index in [0.717, 1.165) is 42.4 Å². The average molecular weight is 262 g/mol. The highest BCUT2D eigenvalue weighted by molar-refractivity contribution is 6.31. The van der Waals surface area contributed by atoms with Crippen LogP contribution < -0.4 is 4.90 Å². The maximum absolute atomic E-state index is 6.10. The van der Waals surface area contributed by atoms with Gasteiger partial charge in [-0.05, 0) is 30.6 Å². The lowest BCUT2D eigenvalue weighted by molar-refractivity contribution is 0.312. The van der Waals surface area contributed by atoms with Gasteiger partial charge >= 0.3 is 0 Å². The summed E-state index contributed by atoms with van der Waals surface area (Å²) in [5.74, 6) is 1.06. The predicted molar refractivity (Wildman–Crippen MR) is 76.5 cm³/mol. The largest absolute Gasteiger partial charge is 0.354 e. The number of pyridine rings is 1. The Morgan fingerprint density at radius 2 is 1.89 bits per heavy atom. The number of benzene rings is 1. The SMILES string of the molecule is CN1CCN(c2nccc3ccc(Cl)cc23)CC1. The first-order chi connectivity index (χ1) is 8.74. The maximum atomic E-state index is 6.10. The number of likely N-dealkylation sites (N-methyl/N-ethyl adjacent to an activating group) is 1. The van der Waals surface area contributed by atoms with Crippen molar-refractivity contribution in [2.45, 2.75) is 0 Å². The molecule has 1 fully saturated rings. The van der Waals surface area contributed by atoms with Crippen molar-refractivity contribution in [3.05, 3.63) is 35.5 Å². The monoisotopic (exact) mass is 261 g/mol. The summed E-state index contributed by atoms with van der Waals surface area (Å²) in [5, 5.41) is 3.11. The molecule has 0 spiro atoms. The summed E-state index contributed by atoms with van der Waals surface area (Å²) in [6.45, 7) is 4.21. The zero-order chi connectivity index (χ0) is 12.5. The molecule has 94 valence electrons. The van der Waals surface area contributed by atoms with Crippen LogP contribution in [0.3, 0.4) is 0 Å². The number of halogens is 1. The predicted octanol–water partition coefficient (Wildman–Crippen LogP) is 2.64. The van der Waals surface area contributed by atoms with E-state index in [-0.39, 0.29) is 0 Å². The highest BCUT2D eigenvalue weighted by Gasteiger charge is 2.17. The Bertz CT molecular complexity index is 562. The quantitative estimate of drug-likeness (QED) is 0.787. The van der Waals surface area contributed by atoms with Gasteiger partial charge in [0.2, 0.25) is 0 Å². The van der Waals surface area contributed by atoms with Crippen LogP contribution in [0.15, 0.2) is 30.5 Å². The molecule has 1 saturated heterocycles. The van der Waals surface area contributed by atoms with Crippen molar-refractivity contribution in [3.8, 4) is 0 Å². The van der Waals surface area contributed by atoms with Gasteiger partial charge in [0.1, 0.15) is 5.82 Å². The number of aromatic nitrogens is 1. The Kier molecular flexibility index (Phi) is 3.10. The number of hydrogen-bond donors (Lipinski definition) is 0. The topological polar surface area (TPSA) is 19.4 Å². The number of fused-ring (bicyclic) bond motifs is 1. The van der Waals surface area contributed by atoms with Crippen LogP contribution >= 0.6 is 11.6 Å². The third-order valence-electron chi connectivity index (χ3n) is 3.51. The maximum Gasteiger partial charge on any atom is 0.136 e. The molecule has 1 aliphatic heterocycles. The summed E-state index contributed by atoms with van der Waals surface area (Å²) in [6, 6.07) is 8.03. The third kappa shape index (κ3) is 2.16. The summed E-state index contributed by atoms with van der Waals surface area (Å²) in [6.07, 6.45) is 1.88. The van der Waals surface area contributed by atoms with Crippen LogP contribution in [0, 0.1) is 0 Å². The minimum Gasteiger partial charge on any atom is -0.354 e. The number of rotatable bonds is 1. The normalized spacial score (nSPS) is 17.3. The molecule has 1 aromatic carbocycles. The smallest absolute Gasteiger partial charge is 0.136 e. The molecule has 0 saturated carbocycles. The minimum atomic E-state index is 0.769. The zero-order valence-electron chi connectivity index (χ0n) is 10.4. The average Bonchev–Trinajstić information content (AvgIpc) is 2.39. The third-order valence-corrected chi connectivity index (χ3v) is 3.75. The molecule has 3 nitrogen and oxygen atoms in total. The lowest BCUT2D eigenvalue weighted by Crippen LogP contribution is -2.44. The van der Waals surface area contributed by atoms with Crippen molar-refractivity contribution >= 4 is 28.2 Å². The van der Waals surface area contributed by atoms with Crippen LogP contribution in [0.4, 0.5) is 5.82 Å². The van der Waals surface area contributed by atoms with Gasteiger partial charge in [-0.15, -0.1) is 0 Å². The summed E-state index contributed by atoms with van der Waals surface area (Å²) >= 11 is 6.10. The highest BCUT2D eigenvalue weighted by atomic mass is 35.5. The Morgan fingerprint density at radius 1 is 1.11 bits per heavy atom. The van der Waals surface area contributed by atoms with Crippen molar-refractivity contribution in [2.75, 3.05) is 38.1 Å². The molecular formula is C14H16ClN3. The van der Waals surface area contributed by atoms with Gasteiger partial charge in [-0.25, -0.2) is 4.98 Å². The Labute approximate surface area is 112 Å². The molecule has 0 N–H and O–H groups in total. The first-order valence-electron chi connectivity index (χ1n) is 6.22. The van der Waals surface area contributed by atoms with Gasteiger partial charge in [-0.3, -0.25) is 0 Å². The Balaban J connectivity index is 2.03. The second-order valence-electron chi connectivity index (χ2n) is 4.79. The molecular weight excluding hydrogens is 246 g/mol. The van der Waals surface area contributed by atoms with Crippen LogP contribution in [0.5, 0.6) is 0 Å². The van der Waals surface area contributed by atoms with E-state index in [1.165, 1.54) is 5.39 Å². The van der Waals surface area contributed by atoms with E-state index in [1.54, 1.807) is 0 Å². The molecule has 2 heterocycles. The number of anilines is 1. The number of hydrogen-bond acceptors (Lipinski definition) is 3. The fourth-order valence-corrected chi connectivity index (χ4v) is 2.57. The van der Waals surface area contributed by atoms with Crippen molar-refractivity contribution in [2.24, 2.45) is 0 Å². The second kappa shape index (κ2) is 4.75. The molecule has 2 aromatic rings. The van der Waals surface area contributed by atoms with Crippen LogP contribution in [-0.4, -0.2) is 43.1 Å². The molecule has 1 aromatic heterocycles. The number of nitrogens with zero attached hydrogens (tertiary/aromatic N) is 3. The molecule has 18 heavy (non-hydrogen) atoms. The van der Waals surface area contributed by atoms with Gasteiger partial charge in [0.25, 0.3) is 0 Å². The first-order valence-corrected chi connectivity index (χ1v) is 6.59. The van der Waals surface area contributed by atoms with Crippen molar-refractivity contribution < 1.29 is 0 Å². The van der Waals surface area contributed by atoms with Gasteiger partial charge in [-0.1, -0.05) is 17.7 Å². The van der Waals surface area contributed by atoms with E-state index in [0.29, 0.717) is 0 Å². The summed E-state index contributed by atoms with van der Waals surface area (Å²) in [4.78, 5) is 9.23. The molecule has 0 amide bonds. The van der Waals surface area contributed by atoms with Crippen molar-refractivity contribution in [1.82, 2.24) is 9.88 Å². The first kappa shape index (κ1) is 11.8. The van der Waals surface area contributed by atoms with Gasteiger partial charge in [-0.2, -0.15) is 0 Å². The van der Waals surface area contributed by atoms with Crippen LogP contribution in [-0.2, 0) is 0 Å². The lowest BCUT2D eigenvalue weighted by Gasteiger charge is -2.33. The van der Waals surface area contributed by atoms with Gasteiger partial charge in [0, 0.05) is 42.8 Å². The van der Waals surface area contributed by atoms with Gasteiger partial charge < -0.3 is 9.80 Å².